The third kappa shape index (κ3) is 3.42. The Hall–Kier alpha value is -2.20. The summed E-state index contributed by atoms with van der Waals surface area (Å²) in [7, 11) is 1.65. The number of fused-ring (bicyclic) bond motifs is 1. The van der Waals surface area contributed by atoms with Crippen LogP contribution in [0, 0.1) is 0 Å². The van der Waals surface area contributed by atoms with Crippen molar-refractivity contribution in [3.05, 3.63) is 58.1 Å². The van der Waals surface area contributed by atoms with Gasteiger partial charge in [-0.05, 0) is 47.7 Å². The van der Waals surface area contributed by atoms with E-state index in [-0.39, 0.29) is 12.5 Å². The molecule has 2 aromatic rings. The van der Waals surface area contributed by atoms with Crippen LogP contribution in [0.5, 0.6) is 5.75 Å². The number of hydrogen-bond acceptors (Lipinski definition) is 3. The second-order valence-electron chi connectivity index (χ2n) is 5.69. The standard InChI is InChI=1S/C18H18ClNO3/c1-23-14-5-2-12(3-6-14)16-7-4-13-8-11(10-17(21)22)9-15(19)18(13)20-16/h2-3,5-6,8-9,16,20H,4,7,10H2,1H3,(H,21,22). The minimum Gasteiger partial charge on any atom is -0.497 e. The van der Waals surface area contributed by atoms with Crippen LogP contribution in [0.25, 0.3) is 0 Å². The molecule has 0 bridgehead atoms. The van der Waals surface area contributed by atoms with Gasteiger partial charge in [-0.3, -0.25) is 4.79 Å². The maximum absolute atomic E-state index is 10.9. The van der Waals surface area contributed by atoms with Crippen LogP contribution in [0.4, 0.5) is 5.69 Å². The summed E-state index contributed by atoms with van der Waals surface area (Å²) in [6, 6.07) is 11.9. The zero-order valence-corrected chi connectivity index (χ0v) is 13.6. The lowest BCUT2D eigenvalue weighted by atomic mass is 9.92. The van der Waals surface area contributed by atoms with Gasteiger partial charge in [-0.15, -0.1) is 0 Å². The van der Waals surface area contributed by atoms with Gasteiger partial charge in [0.05, 0.1) is 30.3 Å². The van der Waals surface area contributed by atoms with Crippen LogP contribution >= 0.6 is 11.6 Å². The van der Waals surface area contributed by atoms with Gasteiger partial charge in [0.25, 0.3) is 0 Å². The van der Waals surface area contributed by atoms with Gasteiger partial charge in [-0.25, -0.2) is 0 Å². The van der Waals surface area contributed by atoms with Crippen molar-refractivity contribution in [2.45, 2.75) is 25.3 Å². The van der Waals surface area contributed by atoms with E-state index < -0.39 is 5.97 Å². The lowest BCUT2D eigenvalue weighted by Crippen LogP contribution is -2.19. The number of rotatable bonds is 4. The maximum Gasteiger partial charge on any atom is 0.307 e. The topological polar surface area (TPSA) is 58.6 Å². The lowest BCUT2D eigenvalue weighted by molar-refractivity contribution is -0.136. The fourth-order valence-electron chi connectivity index (χ4n) is 2.99. The van der Waals surface area contributed by atoms with E-state index in [2.05, 4.69) is 5.32 Å². The van der Waals surface area contributed by atoms with Gasteiger partial charge in [0.15, 0.2) is 0 Å². The van der Waals surface area contributed by atoms with Gasteiger partial charge in [0, 0.05) is 0 Å². The minimum atomic E-state index is -0.846. The average molecular weight is 332 g/mol. The molecule has 1 aliphatic rings. The van der Waals surface area contributed by atoms with Crippen molar-refractivity contribution in [3.8, 4) is 5.75 Å². The van der Waals surface area contributed by atoms with E-state index in [1.165, 1.54) is 5.56 Å². The van der Waals surface area contributed by atoms with Crippen molar-refractivity contribution >= 4 is 23.3 Å². The summed E-state index contributed by atoms with van der Waals surface area (Å²) >= 11 is 6.36. The number of aliphatic carboxylic acids is 1. The van der Waals surface area contributed by atoms with Gasteiger partial charge in [-0.2, -0.15) is 0 Å². The minimum absolute atomic E-state index is 0.00505. The molecule has 0 fully saturated rings. The van der Waals surface area contributed by atoms with Gasteiger partial charge in [-0.1, -0.05) is 29.8 Å². The van der Waals surface area contributed by atoms with E-state index in [0.717, 1.165) is 35.4 Å². The molecular formula is C18H18ClNO3. The second-order valence-corrected chi connectivity index (χ2v) is 6.10. The third-order valence-electron chi connectivity index (χ3n) is 4.13. The number of hydrogen-bond donors (Lipinski definition) is 2. The first kappa shape index (κ1) is 15.7. The van der Waals surface area contributed by atoms with Crippen LogP contribution in [-0.4, -0.2) is 18.2 Å². The van der Waals surface area contributed by atoms with Gasteiger partial charge in [0.1, 0.15) is 5.75 Å². The van der Waals surface area contributed by atoms with Crippen LogP contribution in [0.1, 0.15) is 29.2 Å². The van der Waals surface area contributed by atoms with Crippen molar-refractivity contribution in [2.24, 2.45) is 0 Å². The first-order valence-corrected chi connectivity index (χ1v) is 7.88. The summed E-state index contributed by atoms with van der Waals surface area (Å²) in [6.45, 7) is 0. The number of ether oxygens (including phenoxy) is 1. The molecule has 0 aliphatic carbocycles. The molecule has 0 saturated heterocycles. The van der Waals surface area contributed by atoms with Crippen LogP contribution in [0.15, 0.2) is 36.4 Å². The summed E-state index contributed by atoms with van der Waals surface area (Å²) in [5.41, 5.74) is 3.92. The summed E-state index contributed by atoms with van der Waals surface area (Å²) in [4.78, 5) is 10.9. The normalized spacial score (nSPS) is 16.3. The highest BCUT2D eigenvalue weighted by atomic mass is 35.5. The number of aryl methyl sites for hydroxylation is 1. The van der Waals surface area contributed by atoms with Crippen LogP contribution in [0.3, 0.4) is 0 Å². The Morgan fingerprint density at radius 2 is 2.09 bits per heavy atom. The molecule has 1 aliphatic heterocycles. The Balaban J connectivity index is 1.83. The maximum atomic E-state index is 10.9. The SMILES string of the molecule is COc1ccc(C2CCc3cc(CC(=O)O)cc(Cl)c3N2)cc1. The molecule has 0 saturated carbocycles. The summed E-state index contributed by atoms with van der Waals surface area (Å²) in [6.07, 6.45) is 1.80. The average Bonchev–Trinajstić information content (AvgIpc) is 2.54. The first-order chi connectivity index (χ1) is 11.1. The van der Waals surface area contributed by atoms with Crippen molar-refractivity contribution in [2.75, 3.05) is 12.4 Å². The molecule has 120 valence electrons. The molecule has 2 aromatic carbocycles. The first-order valence-electron chi connectivity index (χ1n) is 7.50. The predicted octanol–water partition coefficient (Wildman–Crippen LogP) is 4.08. The Morgan fingerprint density at radius 3 is 2.74 bits per heavy atom. The number of methoxy groups -OCH3 is 1. The molecule has 1 heterocycles. The van der Waals surface area contributed by atoms with E-state index in [1.54, 1.807) is 13.2 Å². The number of carboxylic acids is 1. The quantitative estimate of drug-likeness (QED) is 0.886. The molecule has 2 N–H and O–H groups in total. The molecule has 4 nitrogen and oxygen atoms in total. The molecular weight excluding hydrogens is 314 g/mol. The number of anilines is 1. The zero-order chi connectivity index (χ0) is 16.4. The molecule has 5 heteroatoms. The van der Waals surface area contributed by atoms with E-state index in [4.69, 9.17) is 21.4 Å². The van der Waals surface area contributed by atoms with Crippen molar-refractivity contribution in [1.29, 1.82) is 0 Å². The molecule has 23 heavy (non-hydrogen) atoms. The Morgan fingerprint density at radius 1 is 1.35 bits per heavy atom. The Kier molecular flexibility index (Phi) is 4.44. The van der Waals surface area contributed by atoms with Gasteiger partial charge < -0.3 is 15.2 Å². The van der Waals surface area contributed by atoms with E-state index >= 15 is 0 Å². The Bertz CT molecular complexity index is 728. The van der Waals surface area contributed by atoms with E-state index in [0.29, 0.717) is 5.02 Å². The van der Waals surface area contributed by atoms with Crippen LogP contribution < -0.4 is 10.1 Å². The van der Waals surface area contributed by atoms with E-state index in [9.17, 15) is 4.79 Å². The number of nitrogens with one attached hydrogen (secondary N) is 1. The van der Waals surface area contributed by atoms with Crippen molar-refractivity contribution < 1.29 is 14.6 Å². The fraction of sp³-hybridized carbons (Fsp3) is 0.278. The number of carboxylic acid groups (broad SMARTS) is 1. The molecule has 0 amide bonds. The summed E-state index contributed by atoms with van der Waals surface area (Å²) in [5, 5.41) is 13.0. The number of benzene rings is 2. The van der Waals surface area contributed by atoms with Crippen LogP contribution in [0.2, 0.25) is 5.02 Å². The molecule has 0 radical (unpaired) electrons. The molecule has 0 aromatic heterocycles. The smallest absolute Gasteiger partial charge is 0.307 e. The fourth-order valence-corrected chi connectivity index (χ4v) is 3.31. The largest absolute Gasteiger partial charge is 0.497 e. The molecule has 1 atom stereocenters. The molecule has 3 rings (SSSR count). The van der Waals surface area contributed by atoms with Crippen molar-refractivity contribution in [1.82, 2.24) is 0 Å². The summed E-state index contributed by atoms with van der Waals surface area (Å²) < 4.78 is 5.19. The van der Waals surface area contributed by atoms with Gasteiger partial charge >= 0.3 is 5.97 Å². The predicted molar refractivity (Wildman–Crippen MR) is 90.5 cm³/mol. The lowest BCUT2D eigenvalue weighted by Gasteiger charge is -2.29. The Labute approximate surface area is 140 Å². The van der Waals surface area contributed by atoms with Crippen molar-refractivity contribution in [3.63, 3.8) is 0 Å². The zero-order valence-electron chi connectivity index (χ0n) is 12.8. The highest BCUT2D eigenvalue weighted by molar-refractivity contribution is 6.33. The second kappa shape index (κ2) is 6.50. The molecule has 1 unspecified atom stereocenters. The van der Waals surface area contributed by atoms with Crippen LogP contribution in [-0.2, 0) is 17.6 Å². The third-order valence-corrected chi connectivity index (χ3v) is 4.42. The highest BCUT2D eigenvalue weighted by Gasteiger charge is 2.22. The number of halogens is 1. The molecule has 0 spiro atoms. The highest BCUT2D eigenvalue weighted by Crippen LogP contribution is 2.38. The number of carbonyl (C=O) groups is 1. The van der Waals surface area contributed by atoms with Gasteiger partial charge in [0.2, 0.25) is 0 Å². The van der Waals surface area contributed by atoms with E-state index in [1.807, 2.05) is 30.3 Å². The monoisotopic (exact) mass is 331 g/mol. The summed E-state index contributed by atoms with van der Waals surface area (Å²) in [5.74, 6) is -0.0119.